The van der Waals surface area contributed by atoms with Gasteiger partial charge in [-0.25, -0.2) is 0 Å². The van der Waals surface area contributed by atoms with Gasteiger partial charge >= 0.3 is 0 Å². The second kappa shape index (κ2) is 8.98. The van der Waals surface area contributed by atoms with E-state index in [9.17, 15) is 0 Å². The molecule has 4 atom stereocenters. The van der Waals surface area contributed by atoms with Crippen molar-refractivity contribution in [3.05, 3.63) is 123 Å². The largest absolute Gasteiger partial charge is 0.337 e. The molecule has 1 aliphatic heterocycles. The molecule has 0 radical (unpaired) electrons. The highest BCUT2D eigenvalue weighted by molar-refractivity contribution is 5.87. The summed E-state index contributed by atoms with van der Waals surface area (Å²) in [5, 5.41) is 6.95. The molecular formula is C39H36N2. The number of para-hydroxylation sites is 1. The van der Waals surface area contributed by atoms with Crippen molar-refractivity contribution in [2.24, 2.45) is 17.8 Å². The number of anilines is 1. The number of nitrogens with zero attached hydrogens (tertiary/aromatic N) is 2. The van der Waals surface area contributed by atoms with Gasteiger partial charge in [-0.2, -0.15) is 0 Å². The van der Waals surface area contributed by atoms with Gasteiger partial charge in [-0.15, -0.1) is 0 Å². The van der Waals surface area contributed by atoms with E-state index >= 15 is 0 Å². The molecule has 4 aliphatic carbocycles. The maximum atomic E-state index is 2.75. The van der Waals surface area contributed by atoms with Gasteiger partial charge < -0.3 is 9.47 Å². The van der Waals surface area contributed by atoms with E-state index in [0.29, 0.717) is 23.8 Å². The minimum absolute atomic E-state index is 0.325. The van der Waals surface area contributed by atoms with Crippen LogP contribution in [0.25, 0.3) is 34.8 Å². The highest BCUT2D eigenvalue weighted by Gasteiger charge is 2.47. The number of hydrogen-bond acceptors (Lipinski definition) is 1. The Bertz CT molecular complexity index is 2050. The van der Waals surface area contributed by atoms with Gasteiger partial charge in [0.2, 0.25) is 0 Å². The SMILES string of the molecule is CC1C=CC=C2C1C1C=c3c(c4ccccc4n3C3=c4ccccc4=CCC3)=CC1N2c1cccc2c1CCCC2. The predicted octanol–water partition coefficient (Wildman–Crippen LogP) is 5.54. The number of aryl methyl sites for hydroxylation is 1. The zero-order valence-corrected chi connectivity index (χ0v) is 23.8. The number of allylic oxidation sites excluding steroid dienone is 4. The molecule has 4 aromatic rings. The summed E-state index contributed by atoms with van der Waals surface area (Å²) < 4.78 is 2.63. The van der Waals surface area contributed by atoms with Gasteiger partial charge in [0.25, 0.3) is 0 Å². The van der Waals surface area contributed by atoms with Crippen molar-refractivity contribution in [1.82, 2.24) is 4.57 Å². The van der Waals surface area contributed by atoms with Gasteiger partial charge in [-0.3, -0.25) is 0 Å². The fourth-order valence-corrected chi connectivity index (χ4v) is 8.79. The summed E-state index contributed by atoms with van der Waals surface area (Å²) in [5.74, 6) is 1.42. The molecule has 41 heavy (non-hydrogen) atoms. The van der Waals surface area contributed by atoms with Crippen LogP contribution in [-0.2, 0) is 12.8 Å². The first-order valence-electron chi connectivity index (χ1n) is 15.7. The van der Waals surface area contributed by atoms with Crippen molar-refractivity contribution in [3.8, 4) is 0 Å². The van der Waals surface area contributed by atoms with Gasteiger partial charge in [-0.05, 0) is 79.0 Å². The van der Waals surface area contributed by atoms with Gasteiger partial charge in [0, 0.05) is 50.1 Å². The van der Waals surface area contributed by atoms with Crippen LogP contribution in [0.15, 0.2) is 90.7 Å². The van der Waals surface area contributed by atoms with E-state index < -0.39 is 0 Å². The third-order valence-electron chi connectivity index (χ3n) is 10.5. The highest BCUT2D eigenvalue weighted by atomic mass is 15.2. The van der Waals surface area contributed by atoms with E-state index in [1.165, 1.54) is 74.7 Å². The number of rotatable bonds is 2. The Hall–Kier alpha value is -4.04. The van der Waals surface area contributed by atoms with Gasteiger partial charge in [0.15, 0.2) is 0 Å². The summed E-state index contributed by atoms with van der Waals surface area (Å²) >= 11 is 0. The molecule has 2 heterocycles. The van der Waals surface area contributed by atoms with Crippen molar-refractivity contribution >= 4 is 40.5 Å². The van der Waals surface area contributed by atoms with Crippen LogP contribution >= 0.6 is 0 Å². The molecule has 2 heteroatoms. The van der Waals surface area contributed by atoms with Gasteiger partial charge in [-0.1, -0.05) is 91.9 Å². The van der Waals surface area contributed by atoms with E-state index in [4.69, 9.17) is 0 Å². The van der Waals surface area contributed by atoms with Crippen LogP contribution in [-0.4, -0.2) is 10.6 Å². The Morgan fingerprint density at radius 2 is 1.71 bits per heavy atom. The van der Waals surface area contributed by atoms with Crippen molar-refractivity contribution in [1.29, 1.82) is 0 Å². The van der Waals surface area contributed by atoms with Crippen LogP contribution in [0.1, 0.15) is 43.7 Å². The second-order valence-corrected chi connectivity index (χ2v) is 12.7. The van der Waals surface area contributed by atoms with Crippen molar-refractivity contribution in [2.45, 2.75) is 51.5 Å². The van der Waals surface area contributed by atoms with Crippen LogP contribution in [0.3, 0.4) is 0 Å². The lowest BCUT2D eigenvalue weighted by molar-refractivity contribution is 0.424. The molecule has 4 unspecified atom stereocenters. The lowest BCUT2D eigenvalue weighted by atomic mass is 9.77. The summed E-state index contributed by atoms with van der Waals surface area (Å²) in [4.78, 5) is 2.75. The molecule has 2 nitrogen and oxygen atoms in total. The minimum atomic E-state index is 0.325. The van der Waals surface area contributed by atoms with Gasteiger partial charge in [0.05, 0.1) is 11.6 Å². The van der Waals surface area contributed by atoms with Gasteiger partial charge in [0.1, 0.15) is 0 Å². The maximum Gasteiger partial charge on any atom is 0.0599 e. The van der Waals surface area contributed by atoms with Crippen LogP contribution in [0.4, 0.5) is 5.69 Å². The quantitative estimate of drug-likeness (QED) is 0.329. The zero-order chi connectivity index (χ0) is 27.1. The minimum Gasteiger partial charge on any atom is -0.337 e. The number of aromatic nitrogens is 1. The smallest absolute Gasteiger partial charge is 0.0599 e. The standard InChI is InChI=1S/C39H36N2/c1-25-11-8-22-36-39(25)32-24-37-31(23-38(32)41(36)34-21-10-15-27-13-3-5-17-29(27)34)30-18-6-7-19-35(30)40(37)33-20-9-14-26-12-2-4-16-28(26)33/h2,4,6-8,10-12,14-16,18-19,21-25,32,38-39H,3,5,9,13,17,20H2,1H3. The topological polar surface area (TPSA) is 8.17 Å². The monoisotopic (exact) mass is 532 g/mol. The molecule has 0 bridgehead atoms. The Morgan fingerprint density at radius 1 is 0.829 bits per heavy atom. The second-order valence-electron chi connectivity index (χ2n) is 12.7. The summed E-state index contributed by atoms with van der Waals surface area (Å²) in [6, 6.07) is 25.5. The average Bonchev–Trinajstić information content (AvgIpc) is 3.52. The molecule has 1 saturated heterocycles. The first-order chi connectivity index (χ1) is 20.3. The molecule has 0 saturated carbocycles. The molecule has 0 amide bonds. The summed E-state index contributed by atoms with van der Waals surface area (Å²) in [5.41, 5.74) is 8.91. The normalized spacial score (nSPS) is 25.6. The van der Waals surface area contributed by atoms with Crippen molar-refractivity contribution in [2.75, 3.05) is 4.90 Å². The lowest BCUT2D eigenvalue weighted by Gasteiger charge is -2.33. The van der Waals surface area contributed by atoms with E-state index in [-0.39, 0.29) is 0 Å². The number of fused-ring (bicyclic) bond motifs is 8. The molecule has 5 aliphatic rings. The fraction of sp³-hybridized carbons (Fsp3) is 0.282. The number of benzene rings is 3. The molecule has 0 N–H and O–H groups in total. The first kappa shape index (κ1) is 23.6. The fourth-order valence-electron chi connectivity index (χ4n) is 8.79. The maximum absolute atomic E-state index is 2.75. The van der Waals surface area contributed by atoms with Crippen LogP contribution < -0.4 is 25.9 Å². The predicted molar refractivity (Wildman–Crippen MR) is 171 cm³/mol. The zero-order valence-electron chi connectivity index (χ0n) is 23.8. The molecular weight excluding hydrogens is 496 g/mol. The first-order valence-corrected chi connectivity index (χ1v) is 15.7. The molecule has 1 fully saturated rings. The Morgan fingerprint density at radius 3 is 2.68 bits per heavy atom. The number of hydrogen-bond donors (Lipinski definition) is 0. The summed E-state index contributed by atoms with van der Waals surface area (Å²) in [6.07, 6.45) is 22.1. The Balaban J connectivity index is 1.34. The third kappa shape index (κ3) is 3.37. The van der Waals surface area contributed by atoms with Crippen molar-refractivity contribution < 1.29 is 0 Å². The average molecular weight is 533 g/mol. The Kier molecular flexibility index (Phi) is 5.18. The summed E-state index contributed by atoms with van der Waals surface area (Å²) in [6.45, 7) is 2.43. The van der Waals surface area contributed by atoms with Crippen LogP contribution in [0, 0.1) is 17.8 Å². The molecule has 1 aromatic heterocycles. The molecule has 3 aromatic carbocycles. The highest BCUT2D eigenvalue weighted by Crippen LogP contribution is 2.50. The lowest BCUT2D eigenvalue weighted by Crippen LogP contribution is -2.43. The third-order valence-corrected chi connectivity index (χ3v) is 10.5. The van der Waals surface area contributed by atoms with E-state index in [1.807, 2.05) is 0 Å². The molecule has 9 rings (SSSR count). The van der Waals surface area contributed by atoms with E-state index in [0.717, 1.165) is 12.8 Å². The molecule has 202 valence electrons. The van der Waals surface area contributed by atoms with E-state index in [1.54, 1.807) is 11.1 Å². The summed E-state index contributed by atoms with van der Waals surface area (Å²) in [7, 11) is 0. The Labute approximate surface area is 241 Å². The van der Waals surface area contributed by atoms with E-state index in [2.05, 4.69) is 120 Å². The molecule has 0 spiro atoms. The van der Waals surface area contributed by atoms with Crippen LogP contribution in [0.5, 0.6) is 0 Å². The van der Waals surface area contributed by atoms with Crippen molar-refractivity contribution in [3.63, 3.8) is 0 Å². The van der Waals surface area contributed by atoms with Crippen LogP contribution in [0.2, 0.25) is 0 Å².